The van der Waals surface area contributed by atoms with Crippen LogP contribution >= 0.6 is 22.9 Å². The summed E-state index contributed by atoms with van der Waals surface area (Å²) in [5.41, 5.74) is 1.98. The number of halogens is 1. The summed E-state index contributed by atoms with van der Waals surface area (Å²) in [5, 5.41) is 4.79. The Morgan fingerprint density at radius 1 is 1.04 bits per heavy atom. The molecule has 0 unspecified atom stereocenters. The van der Waals surface area contributed by atoms with E-state index in [1.807, 2.05) is 48.7 Å². The lowest BCUT2D eigenvalue weighted by atomic mass is 10.2. The van der Waals surface area contributed by atoms with Crippen molar-refractivity contribution in [3.63, 3.8) is 0 Å². The molecule has 0 spiro atoms. The Hall–Kier alpha value is -2.24. The molecule has 6 heteroatoms. The minimum Gasteiger partial charge on any atom is -0.490 e. The smallest absolute Gasteiger partial charge is 0.187 e. The van der Waals surface area contributed by atoms with E-state index < -0.39 is 0 Å². The average Bonchev–Trinajstić information content (AvgIpc) is 2.91. The van der Waals surface area contributed by atoms with E-state index in [0.717, 1.165) is 39.2 Å². The van der Waals surface area contributed by atoms with Gasteiger partial charge in [-0.25, -0.2) is 4.98 Å². The molecule has 2 aromatic carbocycles. The molecule has 0 amide bonds. The molecular formula is C18H15ClN2O2S. The molecule has 3 aromatic rings. The van der Waals surface area contributed by atoms with E-state index in [-0.39, 0.29) is 0 Å². The van der Waals surface area contributed by atoms with Crippen molar-refractivity contribution in [1.29, 1.82) is 0 Å². The summed E-state index contributed by atoms with van der Waals surface area (Å²) in [6, 6.07) is 13.6. The maximum atomic E-state index is 6.01. The molecule has 0 bridgehead atoms. The summed E-state index contributed by atoms with van der Waals surface area (Å²) in [6.07, 6.45) is 2.76. The SMILES string of the molecule is Clc1cccc(Nc2ncc(-c3ccc4c(c3)OCCCO4)s2)c1. The largest absolute Gasteiger partial charge is 0.490 e. The summed E-state index contributed by atoms with van der Waals surface area (Å²) in [6.45, 7) is 1.38. The standard InChI is InChI=1S/C18H15ClN2O2S/c19-13-3-1-4-14(10-13)21-18-20-11-17(24-18)12-5-6-15-16(9-12)23-8-2-7-22-15/h1,3-6,9-11H,2,7-8H2,(H,20,21). The van der Waals surface area contributed by atoms with Crippen LogP contribution in [0.1, 0.15) is 6.42 Å². The first-order chi connectivity index (χ1) is 11.8. The molecule has 0 radical (unpaired) electrons. The molecule has 1 aliphatic heterocycles. The molecule has 0 saturated carbocycles. The minimum atomic E-state index is 0.681. The summed E-state index contributed by atoms with van der Waals surface area (Å²) in [7, 11) is 0. The van der Waals surface area contributed by atoms with E-state index >= 15 is 0 Å². The average molecular weight is 359 g/mol. The van der Waals surface area contributed by atoms with Gasteiger partial charge in [0.15, 0.2) is 16.6 Å². The van der Waals surface area contributed by atoms with Crippen molar-refractivity contribution < 1.29 is 9.47 Å². The molecule has 4 rings (SSSR count). The molecule has 122 valence electrons. The first kappa shape index (κ1) is 15.3. The molecule has 0 saturated heterocycles. The number of nitrogens with one attached hydrogen (secondary N) is 1. The predicted molar refractivity (Wildman–Crippen MR) is 97.9 cm³/mol. The zero-order chi connectivity index (χ0) is 16.4. The van der Waals surface area contributed by atoms with E-state index in [4.69, 9.17) is 21.1 Å². The molecule has 24 heavy (non-hydrogen) atoms. The Labute approximate surface area is 149 Å². The number of ether oxygens (including phenoxy) is 2. The van der Waals surface area contributed by atoms with Gasteiger partial charge in [-0.05, 0) is 42.0 Å². The Morgan fingerprint density at radius 3 is 2.79 bits per heavy atom. The van der Waals surface area contributed by atoms with E-state index in [1.165, 1.54) is 0 Å². The van der Waals surface area contributed by atoms with Crippen LogP contribution in [0.5, 0.6) is 11.5 Å². The molecular weight excluding hydrogens is 344 g/mol. The van der Waals surface area contributed by atoms with Crippen molar-refractivity contribution in [3.05, 3.63) is 53.7 Å². The van der Waals surface area contributed by atoms with Crippen LogP contribution < -0.4 is 14.8 Å². The Morgan fingerprint density at radius 2 is 1.92 bits per heavy atom. The zero-order valence-electron chi connectivity index (χ0n) is 12.8. The maximum Gasteiger partial charge on any atom is 0.187 e. The quantitative estimate of drug-likeness (QED) is 0.683. The molecule has 0 fully saturated rings. The monoisotopic (exact) mass is 358 g/mol. The van der Waals surface area contributed by atoms with Gasteiger partial charge in [0.05, 0.1) is 18.1 Å². The molecule has 4 nitrogen and oxygen atoms in total. The second-order valence-electron chi connectivity index (χ2n) is 5.38. The van der Waals surface area contributed by atoms with Gasteiger partial charge in [-0.3, -0.25) is 0 Å². The van der Waals surface area contributed by atoms with Gasteiger partial charge in [-0.1, -0.05) is 29.0 Å². The number of fused-ring (bicyclic) bond motifs is 1. The van der Waals surface area contributed by atoms with Crippen molar-refractivity contribution >= 4 is 33.8 Å². The number of nitrogens with zero attached hydrogens (tertiary/aromatic N) is 1. The molecule has 0 aliphatic carbocycles. The third kappa shape index (κ3) is 3.32. The number of aromatic nitrogens is 1. The number of thiazole rings is 1. The molecule has 1 aromatic heterocycles. The summed E-state index contributed by atoms with van der Waals surface area (Å²) in [5.74, 6) is 1.60. The van der Waals surface area contributed by atoms with Crippen molar-refractivity contribution in [2.75, 3.05) is 18.5 Å². The van der Waals surface area contributed by atoms with Gasteiger partial charge in [0.25, 0.3) is 0 Å². The van der Waals surface area contributed by atoms with Crippen molar-refractivity contribution in [1.82, 2.24) is 4.98 Å². The van der Waals surface area contributed by atoms with Gasteiger partial charge in [0, 0.05) is 23.3 Å². The lowest BCUT2D eigenvalue weighted by Gasteiger charge is -2.08. The zero-order valence-corrected chi connectivity index (χ0v) is 14.4. The summed E-state index contributed by atoms with van der Waals surface area (Å²) >= 11 is 7.59. The van der Waals surface area contributed by atoms with Crippen molar-refractivity contribution in [2.24, 2.45) is 0 Å². The van der Waals surface area contributed by atoms with Gasteiger partial charge in [0.1, 0.15) is 0 Å². The van der Waals surface area contributed by atoms with Crippen LogP contribution in [0, 0.1) is 0 Å². The van der Waals surface area contributed by atoms with Crippen molar-refractivity contribution in [3.8, 4) is 21.9 Å². The second-order valence-corrected chi connectivity index (χ2v) is 6.84. The highest BCUT2D eigenvalue weighted by Crippen LogP contribution is 2.37. The second kappa shape index (κ2) is 6.71. The third-order valence-corrected chi connectivity index (χ3v) is 4.81. The van der Waals surface area contributed by atoms with Gasteiger partial charge in [-0.2, -0.15) is 0 Å². The van der Waals surface area contributed by atoms with Crippen LogP contribution in [0.2, 0.25) is 5.02 Å². The molecule has 2 heterocycles. The van der Waals surface area contributed by atoms with Crippen LogP contribution in [-0.2, 0) is 0 Å². The Balaban J connectivity index is 1.57. The Kier molecular flexibility index (Phi) is 4.28. The molecule has 1 N–H and O–H groups in total. The van der Waals surface area contributed by atoms with Crippen LogP contribution in [-0.4, -0.2) is 18.2 Å². The predicted octanol–water partition coefficient (Wildman–Crippen LogP) is 5.37. The van der Waals surface area contributed by atoms with E-state index in [9.17, 15) is 0 Å². The summed E-state index contributed by atoms with van der Waals surface area (Å²) < 4.78 is 11.4. The van der Waals surface area contributed by atoms with Crippen LogP contribution in [0.25, 0.3) is 10.4 Å². The van der Waals surface area contributed by atoms with E-state index in [2.05, 4.69) is 10.3 Å². The minimum absolute atomic E-state index is 0.681. The van der Waals surface area contributed by atoms with Crippen LogP contribution in [0.15, 0.2) is 48.7 Å². The Bertz CT molecular complexity index is 866. The van der Waals surface area contributed by atoms with Gasteiger partial charge in [-0.15, -0.1) is 0 Å². The lowest BCUT2D eigenvalue weighted by Crippen LogP contribution is -1.97. The fourth-order valence-corrected chi connectivity index (χ4v) is 3.49. The van der Waals surface area contributed by atoms with Crippen LogP contribution in [0.3, 0.4) is 0 Å². The number of benzene rings is 2. The topological polar surface area (TPSA) is 43.4 Å². The first-order valence-electron chi connectivity index (χ1n) is 7.66. The number of hydrogen-bond acceptors (Lipinski definition) is 5. The van der Waals surface area contributed by atoms with E-state index in [0.29, 0.717) is 18.2 Å². The first-order valence-corrected chi connectivity index (χ1v) is 8.86. The number of anilines is 2. The fourth-order valence-electron chi connectivity index (χ4n) is 2.47. The molecule has 1 aliphatic rings. The number of rotatable bonds is 3. The summed E-state index contributed by atoms with van der Waals surface area (Å²) in [4.78, 5) is 5.51. The van der Waals surface area contributed by atoms with E-state index in [1.54, 1.807) is 11.3 Å². The highest BCUT2D eigenvalue weighted by atomic mass is 35.5. The van der Waals surface area contributed by atoms with Crippen LogP contribution in [0.4, 0.5) is 10.8 Å². The lowest BCUT2D eigenvalue weighted by molar-refractivity contribution is 0.297. The fraction of sp³-hybridized carbons (Fsp3) is 0.167. The highest BCUT2D eigenvalue weighted by Gasteiger charge is 2.13. The highest BCUT2D eigenvalue weighted by molar-refractivity contribution is 7.18. The molecule has 0 atom stereocenters. The van der Waals surface area contributed by atoms with Gasteiger partial charge >= 0.3 is 0 Å². The third-order valence-electron chi connectivity index (χ3n) is 3.61. The normalized spacial score (nSPS) is 13.4. The number of hydrogen-bond donors (Lipinski definition) is 1. The van der Waals surface area contributed by atoms with Gasteiger partial charge < -0.3 is 14.8 Å². The van der Waals surface area contributed by atoms with Gasteiger partial charge in [0.2, 0.25) is 0 Å². The maximum absolute atomic E-state index is 6.01. The van der Waals surface area contributed by atoms with Crippen molar-refractivity contribution in [2.45, 2.75) is 6.42 Å².